The molecule has 0 aliphatic carbocycles. The summed E-state index contributed by atoms with van der Waals surface area (Å²) in [5, 5.41) is 0.816. The van der Waals surface area contributed by atoms with E-state index in [-0.39, 0.29) is 30.3 Å². The fraction of sp³-hybridized carbons (Fsp3) is 0.400. The van der Waals surface area contributed by atoms with Crippen molar-refractivity contribution in [3.05, 3.63) is 107 Å². The van der Waals surface area contributed by atoms with Crippen LogP contribution in [0.4, 0.5) is 0 Å². The van der Waals surface area contributed by atoms with Gasteiger partial charge in [0.25, 0.3) is 0 Å². The highest BCUT2D eigenvalue weighted by Crippen LogP contribution is 2.40. The zero-order valence-electron chi connectivity index (χ0n) is 20.3. The van der Waals surface area contributed by atoms with Crippen molar-refractivity contribution in [3.8, 4) is 0 Å². The number of benzene rings is 3. The standard InChI is InChI=1S/C30H35BrO3/c1-4-27-22(3)28(32-19-23-11-7-5-8-12-23)30(33-20-24-13-9-6-10-14-24)29(34-27)25-16-15-21(2)26(17-25)18-31/h5-17,22,27-30H,4,18-20H2,1-3H3/t22-,27-,28+,29?,30-/m1/s1. The number of rotatable bonds is 9. The molecule has 5 atom stereocenters. The molecule has 3 aromatic rings. The van der Waals surface area contributed by atoms with Crippen LogP contribution in [0.2, 0.25) is 0 Å². The molecule has 0 aromatic heterocycles. The summed E-state index contributed by atoms with van der Waals surface area (Å²) in [6.07, 6.45) is 0.555. The van der Waals surface area contributed by atoms with Crippen LogP contribution in [0.25, 0.3) is 0 Å². The van der Waals surface area contributed by atoms with Crippen molar-refractivity contribution in [2.45, 2.75) is 70.2 Å². The van der Waals surface area contributed by atoms with Crippen LogP contribution < -0.4 is 0 Å². The molecule has 0 spiro atoms. The number of alkyl halides is 1. The number of aryl methyl sites for hydroxylation is 1. The second kappa shape index (κ2) is 12.1. The summed E-state index contributed by atoms with van der Waals surface area (Å²) in [4.78, 5) is 0. The highest BCUT2D eigenvalue weighted by atomic mass is 79.9. The van der Waals surface area contributed by atoms with Gasteiger partial charge in [0, 0.05) is 11.2 Å². The summed E-state index contributed by atoms with van der Waals surface area (Å²) in [6.45, 7) is 7.66. The zero-order chi connectivity index (χ0) is 23.9. The summed E-state index contributed by atoms with van der Waals surface area (Å²) in [5.41, 5.74) is 6.02. The summed E-state index contributed by atoms with van der Waals surface area (Å²) in [7, 11) is 0. The maximum Gasteiger partial charge on any atom is 0.115 e. The maximum absolute atomic E-state index is 6.74. The molecule has 1 fully saturated rings. The van der Waals surface area contributed by atoms with E-state index in [1.54, 1.807) is 0 Å². The highest BCUT2D eigenvalue weighted by molar-refractivity contribution is 9.08. The first-order chi connectivity index (χ1) is 16.6. The lowest BCUT2D eigenvalue weighted by Gasteiger charge is -2.46. The minimum atomic E-state index is -0.215. The van der Waals surface area contributed by atoms with Gasteiger partial charge in [-0.2, -0.15) is 0 Å². The van der Waals surface area contributed by atoms with Gasteiger partial charge in [0.15, 0.2) is 0 Å². The number of hydrogen-bond donors (Lipinski definition) is 0. The minimum absolute atomic E-state index is 0.0821. The Morgan fingerprint density at radius 1 is 0.824 bits per heavy atom. The summed E-state index contributed by atoms with van der Waals surface area (Å²) in [6, 6.07) is 27.3. The third-order valence-corrected chi connectivity index (χ3v) is 7.47. The molecule has 0 bridgehead atoms. The van der Waals surface area contributed by atoms with Crippen molar-refractivity contribution in [1.82, 2.24) is 0 Å². The Kier molecular flexibility index (Phi) is 8.96. The highest BCUT2D eigenvalue weighted by Gasteiger charge is 2.45. The molecule has 0 amide bonds. The molecular formula is C30H35BrO3. The van der Waals surface area contributed by atoms with Crippen molar-refractivity contribution in [3.63, 3.8) is 0 Å². The lowest BCUT2D eigenvalue weighted by molar-refractivity contribution is -0.234. The first-order valence-corrected chi connectivity index (χ1v) is 13.3. The molecule has 1 saturated heterocycles. The fourth-order valence-corrected chi connectivity index (χ4v) is 5.39. The van der Waals surface area contributed by atoms with Gasteiger partial charge in [-0.3, -0.25) is 0 Å². The summed E-state index contributed by atoms with van der Waals surface area (Å²) < 4.78 is 20.0. The number of ether oxygens (including phenoxy) is 3. The van der Waals surface area contributed by atoms with Crippen molar-refractivity contribution < 1.29 is 14.2 Å². The normalized spacial score (nSPS) is 24.8. The van der Waals surface area contributed by atoms with Crippen LogP contribution >= 0.6 is 15.9 Å². The quantitative estimate of drug-likeness (QED) is 0.271. The number of halogens is 1. The van der Waals surface area contributed by atoms with Crippen LogP contribution in [0, 0.1) is 12.8 Å². The molecule has 4 heteroatoms. The predicted octanol–water partition coefficient (Wildman–Crippen LogP) is 7.55. The van der Waals surface area contributed by atoms with Gasteiger partial charge in [-0.05, 0) is 41.2 Å². The molecular weight excluding hydrogens is 488 g/mol. The Labute approximate surface area is 212 Å². The van der Waals surface area contributed by atoms with E-state index in [2.05, 4.69) is 103 Å². The van der Waals surface area contributed by atoms with Gasteiger partial charge in [0.1, 0.15) is 12.2 Å². The Bertz CT molecular complexity index is 1020. The van der Waals surface area contributed by atoms with Crippen molar-refractivity contribution >= 4 is 15.9 Å². The molecule has 34 heavy (non-hydrogen) atoms. The lowest BCUT2D eigenvalue weighted by Crippen LogP contribution is -2.51. The van der Waals surface area contributed by atoms with E-state index in [0.29, 0.717) is 13.2 Å². The Morgan fingerprint density at radius 2 is 1.41 bits per heavy atom. The van der Waals surface area contributed by atoms with Gasteiger partial charge in [0.05, 0.1) is 25.4 Å². The Morgan fingerprint density at radius 3 is 1.97 bits per heavy atom. The SMILES string of the molecule is CC[C@H]1OC(c2ccc(C)c(CBr)c2)[C@H](OCc2ccccc2)[C@@H](OCc2ccccc2)[C@@H]1C. The van der Waals surface area contributed by atoms with Crippen LogP contribution in [0.5, 0.6) is 0 Å². The molecule has 180 valence electrons. The second-order valence-electron chi connectivity index (χ2n) is 9.20. The van der Waals surface area contributed by atoms with E-state index in [9.17, 15) is 0 Å². The van der Waals surface area contributed by atoms with Crippen molar-refractivity contribution in [2.24, 2.45) is 5.92 Å². The van der Waals surface area contributed by atoms with E-state index in [4.69, 9.17) is 14.2 Å². The van der Waals surface area contributed by atoms with Crippen LogP contribution in [0.3, 0.4) is 0 Å². The van der Waals surface area contributed by atoms with Gasteiger partial charge < -0.3 is 14.2 Å². The van der Waals surface area contributed by atoms with Gasteiger partial charge in [-0.1, -0.05) is 109 Å². The summed E-state index contributed by atoms with van der Waals surface area (Å²) in [5.74, 6) is 0.215. The molecule has 1 heterocycles. The van der Waals surface area contributed by atoms with Crippen LogP contribution in [0.15, 0.2) is 78.9 Å². The van der Waals surface area contributed by atoms with Crippen LogP contribution in [-0.2, 0) is 32.8 Å². The van der Waals surface area contributed by atoms with E-state index in [0.717, 1.165) is 22.9 Å². The Hall–Kier alpha value is -1.98. The fourth-order valence-electron chi connectivity index (χ4n) is 4.78. The molecule has 1 unspecified atom stereocenters. The third kappa shape index (κ3) is 5.98. The average Bonchev–Trinajstić information content (AvgIpc) is 2.88. The van der Waals surface area contributed by atoms with Gasteiger partial charge in [0.2, 0.25) is 0 Å². The van der Waals surface area contributed by atoms with Crippen molar-refractivity contribution in [1.29, 1.82) is 0 Å². The van der Waals surface area contributed by atoms with E-state index in [1.807, 2.05) is 12.1 Å². The molecule has 0 radical (unpaired) electrons. The average molecular weight is 524 g/mol. The minimum Gasteiger partial charge on any atom is -0.370 e. The molecule has 0 saturated carbocycles. The first kappa shape index (κ1) is 25.1. The zero-order valence-corrected chi connectivity index (χ0v) is 21.9. The lowest BCUT2D eigenvalue weighted by atomic mass is 9.84. The van der Waals surface area contributed by atoms with Crippen LogP contribution in [-0.4, -0.2) is 18.3 Å². The van der Waals surface area contributed by atoms with Gasteiger partial charge in [-0.15, -0.1) is 0 Å². The van der Waals surface area contributed by atoms with Crippen LogP contribution in [0.1, 0.15) is 54.2 Å². The second-order valence-corrected chi connectivity index (χ2v) is 9.77. The maximum atomic E-state index is 6.74. The smallest absolute Gasteiger partial charge is 0.115 e. The predicted molar refractivity (Wildman–Crippen MR) is 141 cm³/mol. The van der Waals surface area contributed by atoms with Gasteiger partial charge >= 0.3 is 0 Å². The molecule has 3 aromatic carbocycles. The van der Waals surface area contributed by atoms with Crippen molar-refractivity contribution in [2.75, 3.05) is 0 Å². The Balaban J connectivity index is 1.65. The summed E-state index contributed by atoms with van der Waals surface area (Å²) >= 11 is 3.64. The first-order valence-electron chi connectivity index (χ1n) is 12.2. The third-order valence-electron chi connectivity index (χ3n) is 6.87. The topological polar surface area (TPSA) is 27.7 Å². The molecule has 4 rings (SSSR count). The van der Waals surface area contributed by atoms with E-state index in [1.165, 1.54) is 16.7 Å². The molecule has 0 N–H and O–H groups in total. The monoisotopic (exact) mass is 522 g/mol. The largest absolute Gasteiger partial charge is 0.370 e. The number of hydrogen-bond acceptors (Lipinski definition) is 3. The molecule has 1 aliphatic rings. The molecule has 3 nitrogen and oxygen atoms in total. The van der Waals surface area contributed by atoms with Gasteiger partial charge in [-0.25, -0.2) is 0 Å². The van der Waals surface area contributed by atoms with E-state index >= 15 is 0 Å². The molecule has 1 aliphatic heterocycles. The van der Waals surface area contributed by atoms with E-state index < -0.39 is 0 Å².